The maximum Gasteiger partial charge on any atom is 0.225 e. The lowest BCUT2D eigenvalue weighted by atomic mass is 10.2. The van der Waals surface area contributed by atoms with E-state index in [4.69, 9.17) is 0 Å². The summed E-state index contributed by atoms with van der Waals surface area (Å²) in [6, 6.07) is 12.0. The number of aromatic nitrogens is 4. The van der Waals surface area contributed by atoms with Crippen LogP contribution >= 0.6 is 0 Å². The quantitative estimate of drug-likeness (QED) is 0.698. The van der Waals surface area contributed by atoms with Gasteiger partial charge in [-0.25, -0.2) is 15.0 Å². The van der Waals surface area contributed by atoms with Crippen molar-refractivity contribution in [2.45, 2.75) is 38.8 Å². The van der Waals surface area contributed by atoms with Crippen LogP contribution in [0.3, 0.4) is 0 Å². The summed E-state index contributed by atoms with van der Waals surface area (Å²) in [6.07, 6.45) is 5.98. The number of carbonyl (C=O) groups is 1. The summed E-state index contributed by atoms with van der Waals surface area (Å²) < 4.78 is 2.08. The number of imidazole rings is 1. The molecule has 3 aromatic rings. The molecule has 138 valence electrons. The van der Waals surface area contributed by atoms with Crippen molar-refractivity contribution in [3.63, 3.8) is 0 Å². The normalized spacial score (nSPS) is 17.1. The van der Waals surface area contributed by atoms with Gasteiger partial charge in [-0.3, -0.25) is 4.79 Å². The van der Waals surface area contributed by atoms with Crippen molar-refractivity contribution in [3.8, 4) is 11.5 Å². The van der Waals surface area contributed by atoms with E-state index in [1.165, 1.54) is 0 Å². The van der Waals surface area contributed by atoms with Gasteiger partial charge in [-0.1, -0.05) is 44.2 Å². The standard InChI is InChI=1S/C21H23N5O/c1-15(2)20-22-9-8-18(24-20)21-23-10-11-26(21)17-12-19(27)25(14-17)13-16-6-4-3-5-7-16/h3-11,15,17H,12-14H2,1-2H3/t17-/m0/s1. The highest BCUT2D eigenvalue weighted by molar-refractivity contribution is 5.79. The van der Waals surface area contributed by atoms with Crippen LogP contribution in [0.1, 0.15) is 43.6 Å². The van der Waals surface area contributed by atoms with Crippen LogP contribution in [0, 0.1) is 0 Å². The molecule has 0 saturated carbocycles. The van der Waals surface area contributed by atoms with Crippen molar-refractivity contribution in [1.82, 2.24) is 24.4 Å². The first-order valence-corrected chi connectivity index (χ1v) is 9.29. The first kappa shape index (κ1) is 17.4. The Morgan fingerprint density at radius 2 is 1.93 bits per heavy atom. The fourth-order valence-electron chi connectivity index (χ4n) is 3.48. The molecular formula is C21H23N5O. The molecule has 27 heavy (non-hydrogen) atoms. The molecular weight excluding hydrogens is 338 g/mol. The van der Waals surface area contributed by atoms with Crippen LogP contribution in [0.15, 0.2) is 55.0 Å². The Kier molecular flexibility index (Phi) is 4.71. The molecule has 1 atom stereocenters. The fourth-order valence-corrected chi connectivity index (χ4v) is 3.48. The van der Waals surface area contributed by atoms with E-state index in [0.29, 0.717) is 19.5 Å². The van der Waals surface area contributed by atoms with Gasteiger partial charge in [0.2, 0.25) is 5.91 Å². The predicted molar refractivity (Wildman–Crippen MR) is 103 cm³/mol. The lowest BCUT2D eigenvalue weighted by molar-refractivity contribution is -0.128. The summed E-state index contributed by atoms with van der Waals surface area (Å²) in [5.74, 6) is 2.02. The Labute approximate surface area is 158 Å². The molecule has 2 aromatic heterocycles. The van der Waals surface area contributed by atoms with Gasteiger partial charge in [-0.2, -0.15) is 0 Å². The smallest absolute Gasteiger partial charge is 0.225 e. The minimum atomic E-state index is 0.0659. The SMILES string of the molecule is CC(C)c1nccc(-c2nccn2[C@H]2CC(=O)N(Cc3ccccc3)C2)n1. The van der Waals surface area contributed by atoms with Gasteiger partial charge in [0, 0.05) is 44.0 Å². The third kappa shape index (κ3) is 3.60. The highest BCUT2D eigenvalue weighted by Crippen LogP contribution is 2.28. The molecule has 1 fully saturated rings. The van der Waals surface area contributed by atoms with E-state index in [9.17, 15) is 4.79 Å². The number of hydrogen-bond donors (Lipinski definition) is 0. The van der Waals surface area contributed by atoms with Gasteiger partial charge >= 0.3 is 0 Å². The van der Waals surface area contributed by atoms with Crippen molar-refractivity contribution in [2.24, 2.45) is 0 Å². The van der Waals surface area contributed by atoms with Crippen molar-refractivity contribution < 1.29 is 4.79 Å². The van der Waals surface area contributed by atoms with E-state index in [2.05, 4.69) is 45.5 Å². The molecule has 1 saturated heterocycles. The zero-order chi connectivity index (χ0) is 18.8. The minimum Gasteiger partial charge on any atom is -0.336 e. The van der Waals surface area contributed by atoms with E-state index in [0.717, 1.165) is 22.9 Å². The topological polar surface area (TPSA) is 63.9 Å². The predicted octanol–water partition coefficient (Wildman–Crippen LogP) is 3.44. The second-order valence-corrected chi connectivity index (χ2v) is 7.23. The molecule has 6 nitrogen and oxygen atoms in total. The number of rotatable bonds is 5. The highest BCUT2D eigenvalue weighted by Gasteiger charge is 2.32. The van der Waals surface area contributed by atoms with Gasteiger partial charge in [0.25, 0.3) is 0 Å². The first-order valence-electron chi connectivity index (χ1n) is 9.29. The third-order valence-corrected chi connectivity index (χ3v) is 4.89. The lowest BCUT2D eigenvalue weighted by Crippen LogP contribution is -2.25. The van der Waals surface area contributed by atoms with Crippen LogP contribution in [0.5, 0.6) is 0 Å². The number of benzene rings is 1. The van der Waals surface area contributed by atoms with E-state index in [-0.39, 0.29) is 17.9 Å². The summed E-state index contributed by atoms with van der Waals surface area (Å²) in [4.78, 5) is 28.0. The Morgan fingerprint density at radius 1 is 1.11 bits per heavy atom. The molecule has 3 heterocycles. The molecule has 0 bridgehead atoms. The molecule has 1 aromatic carbocycles. The van der Waals surface area contributed by atoms with Gasteiger partial charge in [-0.15, -0.1) is 0 Å². The summed E-state index contributed by atoms with van der Waals surface area (Å²) >= 11 is 0. The molecule has 0 N–H and O–H groups in total. The van der Waals surface area contributed by atoms with E-state index >= 15 is 0 Å². The molecule has 1 amide bonds. The Balaban J connectivity index is 1.56. The number of amides is 1. The minimum absolute atomic E-state index is 0.0659. The number of likely N-dealkylation sites (tertiary alicyclic amines) is 1. The average Bonchev–Trinajstić information content (AvgIpc) is 3.30. The third-order valence-electron chi connectivity index (χ3n) is 4.89. The number of hydrogen-bond acceptors (Lipinski definition) is 4. The van der Waals surface area contributed by atoms with Crippen molar-refractivity contribution in [3.05, 3.63) is 66.4 Å². The Hall–Kier alpha value is -3.02. The average molecular weight is 361 g/mol. The Bertz CT molecular complexity index is 935. The maximum atomic E-state index is 12.5. The summed E-state index contributed by atoms with van der Waals surface area (Å²) in [7, 11) is 0. The molecule has 1 aliphatic heterocycles. The van der Waals surface area contributed by atoms with Gasteiger partial charge < -0.3 is 9.47 Å². The van der Waals surface area contributed by atoms with Crippen molar-refractivity contribution >= 4 is 5.91 Å². The van der Waals surface area contributed by atoms with Crippen LogP contribution in [0.25, 0.3) is 11.5 Å². The van der Waals surface area contributed by atoms with Crippen LogP contribution in [0.4, 0.5) is 0 Å². The van der Waals surface area contributed by atoms with Crippen LogP contribution in [-0.2, 0) is 11.3 Å². The van der Waals surface area contributed by atoms with Gasteiger partial charge in [0.05, 0.1) is 6.04 Å². The molecule has 1 aliphatic rings. The second-order valence-electron chi connectivity index (χ2n) is 7.23. The van der Waals surface area contributed by atoms with Crippen LogP contribution in [-0.4, -0.2) is 36.9 Å². The van der Waals surface area contributed by atoms with Crippen LogP contribution in [0.2, 0.25) is 0 Å². The summed E-state index contributed by atoms with van der Waals surface area (Å²) in [5.41, 5.74) is 1.95. The molecule has 4 rings (SSSR count). The highest BCUT2D eigenvalue weighted by atomic mass is 16.2. The van der Waals surface area contributed by atoms with Crippen molar-refractivity contribution in [1.29, 1.82) is 0 Å². The zero-order valence-electron chi connectivity index (χ0n) is 15.6. The molecule has 0 spiro atoms. The number of nitrogens with zero attached hydrogens (tertiary/aromatic N) is 5. The summed E-state index contributed by atoms with van der Waals surface area (Å²) in [5, 5.41) is 0. The summed E-state index contributed by atoms with van der Waals surface area (Å²) in [6.45, 7) is 5.47. The van der Waals surface area contributed by atoms with Gasteiger partial charge in [0.1, 0.15) is 11.5 Å². The van der Waals surface area contributed by atoms with E-state index in [1.54, 1.807) is 12.4 Å². The number of carbonyl (C=O) groups excluding carboxylic acids is 1. The van der Waals surface area contributed by atoms with Gasteiger partial charge in [0.15, 0.2) is 5.82 Å². The molecule has 0 unspecified atom stereocenters. The second kappa shape index (κ2) is 7.31. The van der Waals surface area contributed by atoms with E-state index in [1.807, 2.05) is 35.4 Å². The fraction of sp³-hybridized carbons (Fsp3) is 0.333. The maximum absolute atomic E-state index is 12.5. The molecule has 6 heteroatoms. The monoisotopic (exact) mass is 361 g/mol. The lowest BCUT2D eigenvalue weighted by Gasteiger charge is -2.18. The largest absolute Gasteiger partial charge is 0.336 e. The molecule has 0 radical (unpaired) electrons. The molecule has 0 aliphatic carbocycles. The Morgan fingerprint density at radius 3 is 2.70 bits per heavy atom. The van der Waals surface area contributed by atoms with Crippen molar-refractivity contribution in [2.75, 3.05) is 6.54 Å². The van der Waals surface area contributed by atoms with Gasteiger partial charge in [-0.05, 0) is 11.6 Å². The van der Waals surface area contributed by atoms with Crippen LogP contribution < -0.4 is 0 Å². The van der Waals surface area contributed by atoms with E-state index < -0.39 is 0 Å². The zero-order valence-corrected chi connectivity index (χ0v) is 15.6. The first-order chi connectivity index (χ1) is 13.1.